The lowest BCUT2D eigenvalue weighted by Gasteiger charge is -2.20. The van der Waals surface area contributed by atoms with Crippen molar-refractivity contribution in [1.29, 1.82) is 0 Å². The molecule has 2 fully saturated rings. The topological polar surface area (TPSA) is 29.1 Å². The highest BCUT2D eigenvalue weighted by Crippen LogP contribution is 2.30. The predicted octanol–water partition coefficient (Wildman–Crippen LogP) is 2.09. The van der Waals surface area contributed by atoms with Crippen LogP contribution in [-0.2, 0) is 4.79 Å². The van der Waals surface area contributed by atoms with E-state index < -0.39 is 0 Å². The van der Waals surface area contributed by atoms with Gasteiger partial charge in [0.05, 0.1) is 0 Å². The standard InChI is InChI=1S/C11H19NO/c1-8-7-10(8)12-11(13)9-5-3-2-4-6-9/h8-10H,2-7H2,1H3,(H,12,13)/t8-,10-/m1/s1. The van der Waals surface area contributed by atoms with Crippen molar-refractivity contribution in [3.63, 3.8) is 0 Å². The number of nitrogens with one attached hydrogen (secondary N) is 1. The second kappa shape index (κ2) is 3.69. The van der Waals surface area contributed by atoms with E-state index in [-0.39, 0.29) is 0 Å². The summed E-state index contributed by atoms with van der Waals surface area (Å²) in [5.74, 6) is 1.39. The zero-order valence-electron chi connectivity index (χ0n) is 8.38. The van der Waals surface area contributed by atoms with E-state index in [1.54, 1.807) is 0 Å². The Balaban J connectivity index is 1.75. The number of hydrogen-bond acceptors (Lipinski definition) is 1. The van der Waals surface area contributed by atoms with Crippen molar-refractivity contribution >= 4 is 5.91 Å². The summed E-state index contributed by atoms with van der Waals surface area (Å²) in [6.07, 6.45) is 7.25. The van der Waals surface area contributed by atoms with Crippen LogP contribution in [0.25, 0.3) is 0 Å². The molecule has 2 saturated carbocycles. The molecule has 2 aliphatic rings. The Morgan fingerprint density at radius 2 is 1.85 bits per heavy atom. The fourth-order valence-electron chi connectivity index (χ4n) is 2.19. The van der Waals surface area contributed by atoms with Crippen LogP contribution in [0.5, 0.6) is 0 Å². The monoisotopic (exact) mass is 181 g/mol. The molecule has 74 valence electrons. The van der Waals surface area contributed by atoms with Crippen LogP contribution in [-0.4, -0.2) is 11.9 Å². The summed E-state index contributed by atoms with van der Waals surface area (Å²) in [5, 5.41) is 3.13. The van der Waals surface area contributed by atoms with Gasteiger partial charge < -0.3 is 5.32 Å². The Hall–Kier alpha value is -0.530. The normalized spacial score (nSPS) is 34.2. The van der Waals surface area contributed by atoms with Gasteiger partial charge in [0.2, 0.25) is 5.91 Å². The molecule has 2 aliphatic carbocycles. The zero-order chi connectivity index (χ0) is 9.26. The molecule has 2 rings (SSSR count). The maximum absolute atomic E-state index is 11.7. The van der Waals surface area contributed by atoms with Gasteiger partial charge in [-0.1, -0.05) is 26.2 Å². The van der Waals surface area contributed by atoms with Crippen LogP contribution in [0.3, 0.4) is 0 Å². The molecule has 0 bridgehead atoms. The molecule has 1 N–H and O–H groups in total. The molecule has 0 heterocycles. The van der Waals surface area contributed by atoms with Crippen LogP contribution in [0.4, 0.5) is 0 Å². The van der Waals surface area contributed by atoms with Crippen LogP contribution in [0, 0.1) is 11.8 Å². The van der Waals surface area contributed by atoms with Crippen molar-refractivity contribution in [2.24, 2.45) is 11.8 Å². The third-order valence-corrected chi connectivity index (χ3v) is 3.41. The molecule has 0 saturated heterocycles. The van der Waals surface area contributed by atoms with Gasteiger partial charge in [-0.15, -0.1) is 0 Å². The Labute approximate surface area is 80.1 Å². The van der Waals surface area contributed by atoms with Gasteiger partial charge in [0, 0.05) is 12.0 Å². The highest BCUT2D eigenvalue weighted by Gasteiger charge is 2.35. The van der Waals surface area contributed by atoms with Gasteiger partial charge >= 0.3 is 0 Å². The van der Waals surface area contributed by atoms with E-state index in [0.29, 0.717) is 17.9 Å². The fourth-order valence-corrected chi connectivity index (χ4v) is 2.19. The van der Waals surface area contributed by atoms with E-state index in [9.17, 15) is 4.79 Å². The van der Waals surface area contributed by atoms with Crippen molar-refractivity contribution in [1.82, 2.24) is 5.32 Å². The lowest BCUT2D eigenvalue weighted by Crippen LogP contribution is -2.34. The summed E-state index contributed by atoms with van der Waals surface area (Å²) in [5.41, 5.74) is 0. The van der Waals surface area contributed by atoms with E-state index in [2.05, 4.69) is 12.2 Å². The molecule has 0 radical (unpaired) electrons. The first-order valence-electron chi connectivity index (χ1n) is 5.58. The van der Waals surface area contributed by atoms with Crippen molar-refractivity contribution in [2.75, 3.05) is 0 Å². The van der Waals surface area contributed by atoms with Crippen LogP contribution >= 0.6 is 0 Å². The first kappa shape index (κ1) is 9.04. The van der Waals surface area contributed by atoms with Gasteiger partial charge in [0.25, 0.3) is 0 Å². The van der Waals surface area contributed by atoms with Crippen LogP contribution in [0.2, 0.25) is 0 Å². The maximum atomic E-state index is 11.7. The average Bonchev–Trinajstić information content (AvgIpc) is 2.83. The van der Waals surface area contributed by atoms with E-state index in [1.165, 1.54) is 25.7 Å². The zero-order valence-corrected chi connectivity index (χ0v) is 8.38. The highest BCUT2D eigenvalue weighted by molar-refractivity contribution is 5.79. The second-order valence-corrected chi connectivity index (χ2v) is 4.66. The van der Waals surface area contributed by atoms with Gasteiger partial charge in [-0.3, -0.25) is 4.79 Å². The third-order valence-electron chi connectivity index (χ3n) is 3.41. The molecule has 0 aliphatic heterocycles. The highest BCUT2D eigenvalue weighted by atomic mass is 16.2. The van der Waals surface area contributed by atoms with Crippen molar-refractivity contribution in [3.05, 3.63) is 0 Å². The molecule has 2 atom stereocenters. The number of carbonyl (C=O) groups excluding carboxylic acids is 1. The Kier molecular flexibility index (Phi) is 2.56. The fraction of sp³-hybridized carbons (Fsp3) is 0.909. The Morgan fingerprint density at radius 3 is 2.38 bits per heavy atom. The summed E-state index contributed by atoms with van der Waals surface area (Å²) in [6.45, 7) is 2.20. The molecule has 0 unspecified atom stereocenters. The van der Waals surface area contributed by atoms with Crippen molar-refractivity contribution < 1.29 is 4.79 Å². The summed E-state index contributed by atoms with van der Waals surface area (Å²) < 4.78 is 0. The predicted molar refractivity (Wildman–Crippen MR) is 52.3 cm³/mol. The third kappa shape index (κ3) is 2.23. The number of hydrogen-bond donors (Lipinski definition) is 1. The van der Waals surface area contributed by atoms with Gasteiger partial charge in [-0.25, -0.2) is 0 Å². The van der Waals surface area contributed by atoms with Crippen molar-refractivity contribution in [2.45, 2.75) is 51.5 Å². The van der Waals surface area contributed by atoms with E-state index in [1.807, 2.05) is 0 Å². The molecular formula is C11H19NO. The molecule has 13 heavy (non-hydrogen) atoms. The lowest BCUT2D eigenvalue weighted by atomic mass is 9.88. The summed E-state index contributed by atoms with van der Waals surface area (Å²) in [7, 11) is 0. The molecule has 2 heteroatoms. The van der Waals surface area contributed by atoms with Gasteiger partial charge in [0.1, 0.15) is 0 Å². The van der Waals surface area contributed by atoms with Crippen LogP contribution in [0.1, 0.15) is 45.4 Å². The number of rotatable bonds is 2. The average molecular weight is 181 g/mol. The van der Waals surface area contributed by atoms with Crippen LogP contribution < -0.4 is 5.32 Å². The molecular weight excluding hydrogens is 162 g/mol. The van der Waals surface area contributed by atoms with E-state index in [4.69, 9.17) is 0 Å². The lowest BCUT2D eigenvalue weighted by molar-refractivity contribution is -0.126. The van der Waals surface area contributed by atoms with Gasteiger partial charge in [-0.05, 0) is 25.2 Å². The Bertz CT molecular complexity index is 196. The maximum Gasteiger partial charge on any atom is 0.223 e. The van der Waals surface area contributed by atoms with Gasteiger partial charge in [-0.2, -0.15) is 0 Å². The largest absolute Gasteiger partial charge is 0.353 e. The summed E-state index contributed by atoms with van der Waals surface area (Å²) in [6, 6.07) is 0.509. The number of amides is 1. The second-order valence-electron chi connectivity index (χ2n) is 4.66. The minimum Gasteiger partial charge on any atom is -0.353 e. The van der Waals surface area contributed by atoms with Gasteiger partial charge in [0.15, 0.2) is 0 Å². The molecule has 0 aromatic heterocycles. The number of carbonyl (C=O) groups is 1. The summed E-state index contributed by atoms with van der Waals surface area (Å²) in [4.78, 5) is 11.7. The summed E-state index contributed by atoms with van der Waals surface area (Å²) >= 11 is 0. The smallest absolute Gasteiger partial charge is 0.223 e. The van der Waals surface area contributed by atoms with E-state index >= 15 is 0 Å². The first-order chi connectivity index (χ1) is 6.27. The molecule has 0 aromatic rings. The SMILES string of the molecule is C[C@@H]1C[C@H]1NC(=O)C1CCCCC1. The van der Waals surface area contributed by atoms with Crippen molar-refractivity contribution in [3.8, 4) is 0 Å². The molecule has 2 nitrogen and oxygen atoms in total. The molecule has 0 spiro atoms. The molecule has 1 amide bonds. The van der Waals surface area contributed by atoms with Crippen LogP contribution in [0.15, 0.2) is 0 Å². The van der Waals surface area contributed by atoms with E-state index in [0.717, 1.165) is 18.8 Å². The minimum absolute atomic E-state index is 0.328. The Morgan fingerprint density at radius 1 is 1.23 bits per heavy atom. The quantitative estimate of drug-likeness (QED) is 0.694. The first-order valence-corrected chi connectivity index (χ1v) is 5.58. The minimum atomic E-state index is 0.328. The molecule has 0 aromatic carbocycles.